The Morgan fingerprint density at radius 1 is 1.04 bits per heavy atom. The smallest absolute Gasteiger partial charge is 0.271 e. The first-order chi connectivity index (χ1) is 13.4. The molecule has 1 aliphatic heterocycles. The van der Waals surface area contributed by atoms with Crippen molar-refractivity contribution in [3.63, 3.8) is 0 Å². The number of anilines is 2. The summed E-state index contributed by atoms with van der Waals surface area (Å²) in [6.07, 6.45) is 0. The van der Waals surface area contributed by atoms with Gasteiger partial charge in [-0.3, -0.25) is 25.0 Å². The van der Waals surface area contributed by atoms with Crippen LogP contribution in [0.25, 0.3) is 0 Å². The van der Waals surface area contributed by atoms with Crippen LogP contribution in [0.2, 0.25) is 5.02 Å². The van der Waals surface area contributed by atoms with Crippen LogP contribution in [0.3, 0.4) is 0 Å². The second-order valence-electron chi connectivity index (χ2n) is 5.93. The maximum Gasteiger partial charge on any atom is 0.271 e. The number of nitro groups is 2. The number of hydrogen-bond donors (Lipinski definition) is 1. The molecule has 0 aromatic heterocycles. The van der Waals surface area contributed by atoms with Gasteiger partial charge in [-0.05, 0) is 12.1 Å². The molecule has 0 atom stereocenters. The Bertz CT molecular complexity index is 945. The van der Waals surface area contributed by atoms with Crippen molar-refractivity contribution in [2.45, 2.75) is 0 Å². The zero-order valence-electron chi connectivity index (χ0n) is 14.5. The van der Waals surface area contributed by atoms with Crippen LogP contribution in [0.1, 0.15) is 10.4 Å². The molecular formula is C17H15ClN4O6. The minimum atomic E-state index is -0.660. The molecule has 1 aliphatic rings. The summed E-state index contributed by atoms with van der Waals surface area (Å²) in [7, 11) is 0. The number of nitro benzene ring substituents is 2. The number of amides is 1. The number of ether oxygens (including phenoxy) is 1. The molecule has 2 aromatic carbocycles. The average Bonchev–Trinajstić information content (AvgIpc) is 2.69. The fraction of sp³-hybridized carbons (Fsp3) is 0.235. The molecule has 0 unspecified atom stereocenters. The highest BCUT2D eigenvalue weighted by Gasteiger charge is 2.23. The predicted octanol–water partition coefficient (Wildman–Crippen LogP) is 3.25. The zero-order chi connectivity index (χ0) is 20.3. The average molecular weight is 407 g/mol. The maximum absolute atomic E-state index is 12.9. The molecule has 0 aliphatic carbocycles. The molecule has 1 amide bonds. The molecule has 2 aromatic rings. The second kappa shape index (κ2) is 8.19. The zero-order valence-corrected chi connectivity index (χ0v) is 15.2. The first kappa shape index (κ1) is 19.5. The van der Waals surface area contributed by atoms with Crippen molar-refractivity contribution in [3.8, 4) is 0 Å². The normalized spacial score (nSPS) is 13.8. The van der Waals surface area contributed by atoms with Crippen molar-refractivity contribution in [1.82, 2.24) is 0 Å². The largest absolute Gasteiger partial charge is 0.378 e. The number of morpholine rings is 1. The summed E-state index contributed by atoms with van der Waals surface area (Å²) in [5, 5.41) is 24.7. The highest BCUT2D eigenvalue weighted by molar-refractivity contribution is 6.34. The number of halogens is 1. The fourth-order valence-electron chi connectivity index (χ4n) is 2.81. The molecule has 0 radical (unpaired) electrons. The Morgan fingerprint density at radius 3 is 2.29 bits per heavy atom. The van der Waals surface area contributed by atoms with Gasteiger partial charge in [0.1, 0.15) is 0 Å². The van der Waals surface area contributed by atoms with E-state index in [1.807, 2.05) is 4.90 Å². The van der Waals surface area contributed by atoms with Crippen LogP contribution in [-0.4, -0.2) is 42.1 Å². The number of nitrogens with one attached hydrogen (secondary N) is 1. The van der Waals surface area contributed by atoms with Crippen LogP contribution in [0.4, 0.5) is 22.7 Å². The third-order valence-electron chi connectivity index (χ3n) is 4.20. The summed E-state index contributed by atoms with van der Waals surface area (Å²) >= 11 is 6.03. The van der Waals surface area contributed by atoms with Crippen LogP contribution in [0, 0.1) is 20.2 Å². The Hall–Kier alpha value is -3.24. The number of nitrogens with zero attached hydrogens (tertiary/aromatic N) is 3. The number of hydrogen-bond acceptors (Lipinski definition) is 7. The molecule has 3 rings (SSSR count). The minimum Gasteiger partial charge on any atom is -0.378 e. The third kappa shape index (κ3) is 4.18. The SMILES string of the molecule is O=C(Nc1cc([N+](=O)[O-])ccc1Cl)c1cc([N+](=O)[O-])ccc1N1CCOCC1. The third-order valence-corrected chi connectivity index (χ3v) is 4.53. The van der Waals surface area contributed by atoms with Gasteiger partial charge in [0.05, 0.1) is 45.0 Å². The van der Waals surface area contributed by atoms with E-state index in [1.54, 1.807) is 0 Å². The van der Waals surface area contributed by atoms with Gasteiger partial charge >= 0.3 is 0 Å². The fourth-order valence-corrected chi connectivity index (χ4v) is 2.98. The molecule has 11 heteroatoms. The molecule has 1 N–H and O–H groups in total. The lowest BCUT2D eigenvalue weighted by Gasteiger charge is -2.30. The summed E-state index contributed by atoms with van der Waals surface area (Å²) in [4.78, 5) is 35.6. The molecule has 146 valence electrons. The summed E-state index contributed by atoms with van der Waals surface area (Å²) in [6, 6.07) is 7.64. The lowest BCUT2D eigenvalue weighted by atomic mass is 10.1. The molecule has 1 heterocycles. The van der Waals surface area contributed by atoms with E-state index < -0.39 is 15.8 Å². The quantitative estimate of drug-likeness (QED) is 0.596. The summed E-state index contributed by atoms with van der Waals surface area (Å²) < 4.78 is 5.30. The van der Waals surface area contributed by atoms with E-state index in [2.05, 4.69) is 5.32 Å². The van der Waals surface area contributed by atoms with Gasteiger partial charge in [-0.25, -0.2) is 0 Å². The van der Waals surface area contributed by atoms with Crippen LogP contribution in [-0.2, 0) is 4.74 Å². The van der Waals surface area contributed by atoms with Gasteiger partial charge < -0.3 is 15.0 Å². The van der Waals surface area contributed by atoms with Crippen LogP contribution >= 0.6 is 11.6 Å². The highest BCUT2D eigenvalue weighted by atomic mass is 35.5. The lowest BCUT2D eigenvalue weighted by Crippen LogP contribution is -2.37. The van der Waals surface area contributed by atoms with Crippen molar-refractivity contribution in [1.29, 1.82) is 0 Å². The first-order valence-electron chi connectivity index (χ1n) is 8.23. The van der Waals surface area contributed by atoms with E-state index in [4.69, 9.17) is 16.3 Å². The van der Waals surface area contributed by atoms with Gasteiger partial charge in [-0.15, -0.1) is 0 Å². The lowest BCUT2D eigenvalue weighted by molar-refractivity contribution is -0.385. The number of carbonyl (C=O) groups is 1. The van der Waals surface area contributed by atoms with E-state index in [9.17, 15) is 25.0 Å². The van der Waals surface area contributed by atoms with Crippen molar-refractivity contribution in [2.75, 3.05) is 36.5 Å². The van der Waals surface area contributed by atoms with Crippen LogP contribution < -0.4 is 10.2 Å². The van der Waals surface area contributed by atoms with Gasteiger partial charge in [0.25, 0.3) is 17.3 Å². The summed E-state index contributed by atoms with van der Waals surface area (Å²) in [5.74, 6) is -0.660. The minimum absolute atomic E-state index is 0.0419. The van der Waals surface area contributed by atoms with Crippen molar-refractivity contribution in [2.24, 2.45) is 0 Å². The molecule has 0 spiro atoms. The molecule has 10 nitrogen and oxygen atoms in total. The molecule has 0 bridgehead atoms. The number of rotatable bonds is 5. The molecular weight excluding hydrogens is 392 g/mol. The topological polar surface area (TPSA) is 128 Å². The molecule has 1 saturated heterocycles. The van der Waals surface area contributed by atoms with Crippen molar-refractivity contribution in [3.05, 3.63) is 67.2 Å². The summed E-state index contributed by atoms with van der Waals surface area (Å²) in [5.41, 5.74) is 0.131. The summed E-state index contributed by atoms with van der Waals surface area (Å²) in [6.45, 7) is 1.98. The molecule has 0 saturated carbocycles. The van der Waals surface area contributed by atoms with Gasteiger partial charge in [0, 0.05) is 37.4 Å². The number of carbonyl (C=O) groups excluding carboxylic acids is 1. The molecule has 28 heavy (non-hydrogen) atoms. The number of non-ortho nitro benzene ring substituents is 2. The Morgan fingerprint density at radius 2 is 1.64 bits per heavy atom. The monoisotopic (exact) mass is 406 g/mol. The highest BCUT2D eigenvalue weighted by Crippen LogP contribution is 2.30. The van der Waals surface area contributed by atoms with E-state index in [-0.39, 0.29) is 27.6 Å². The van der Waals surface area contributed by atoms with E-state index in [0.29, 0.717) is 32.0 Å². The Labute approximate surface area is 164 Å². The Balaban J connectivity index is 1.97. The predicted molar refractivity (Wildman–Crippen MR) is 102 cm³/mol. The van der Waals surface area contributed by atoms with Gasteiger partial charge in [0.2, 0.25) is 0 Å². The first-order valence-corrected chi connectivity index (χ1v) is 8.61. The Kier molecular flexibility index (Phi) is 5.71. The number of benzene rings is 2. The second-order valence-corrected chi connectivity index (χ2v) is 6.34. The van der Waals surface area contributed by atoms with Crippen molar-refractivity contribution >= 4 is 40.3 Å². The van der Waals surface area contributed by atoms with Gasteiger partial charge in [-0.2, -0.15) is 0 Å². The van der Waals surface area contributed by atoms with Crippen molar-refractivity contribution < 1.29 is 19.4 Å². The molecule has 1 fully saturated rings. The standard InChI is InChI=1S/C17H15ClN4O6/c18-14-3-1-12(22(26)27)10-15(14)19-17(23)13-9-11(21(24)25)2-4-16(13)20-5-7-28-8-6-20/h1-4,9-10H,5-8H2,(H,19,23). The van der Waals surface area contributed by atoms with E-state index in [1.165, 1.54) is 30.3 Å². The van der Waals surface area contributed by atoms with Crippen LogP contribution in [0.15, 0.2) is 36.4 Å². The van der Waals surface area contributed by atoms with E-state index >= 15 is 0 Å². The van der Waals surface area contributed by atoms with Gasteiger partial charge in [-0.1, -0.05) is 11.6 Å². The van der Waals surface area contributed by atoms with Crippen LogP contribution in [0.5, 0.6) is 0 Å². The maximum atomic E-state index is 12.9. The van der Waals surface area contributed by atoms with E-state index in [0.717, 1.165) is 6.07 Å². The van der Waals surface area contributed by atoms with Gasteiger partial charge in [0.15, 0.2) is 0 Å².